The van der Waals surface area contributed by atoms with Gasteiger partial charge < -0.3 is 29.0 Å². The number of ether oxygens (including phenoxy) is 3. The second-order valence-corrected chi connectivity index (χ2v) is 10.8. The van der Waals surface area contributed by atoms with Crippen molar-refractivity contribution in [1.29, 1.82) is 0 Å². The maximum Gasteiger partial charge on any atom is 0.343 e. The highest BCUT2D eigenvalue weighted by molar-refractivity contribution is 6.00. The Bertz CT molecular complexity index is 1560. The standard InChI is InChI=1S/C31H35N7O5/c1-3-41-31-32-25-11-7-10-24(30(40)43-19-42-29(39)22-8-5-4-6-9-22)27(25)38(31)18-21-12-14-23(15-13-21)37-17-20(2)16-26(37)28-33-35-36-34-28/h7,10-17,22,31-32H,3-6,8-9,18-19H2,1-2H3,(H,33,34,35,36). The molecular weight excluding hydrogens is 550 g/mol. The van der Waals surface area contributed by atoms with Crippen LogP contribution in [0.3, 0.4) is 0 Å². The molecule has 1 aliphatic carbocycles. The maximum atomic E-state index is 13.2. The van der Waals surface area contributed by atoms with Crippen molar-refractivity contribution < 1.29 is 23.8 Å². The molecular formula is C31H35N7O5. The fourth-order valence-electron chi connectivity index (χ4n) is 5.80. The van der Waals surface area contributed by atoms with Crippen LogP contribution in [0, 0.1) is 12.8 Å². The Labute approximate surface area is 249 Å². The van der Waals surface area contributed by atoms with E-state index >= 15 is 0 Å². The van der Waals surface area contributed by atoms with Gasteiger partial charge in [0.1, 0.15) is 0 Å². The van der Waals surface area contributed by atoms with Gasteiger partial charge in [-0.05, 0) is 73.4 Å². The Hall–Kier alpha value is -4.71. The number of tetrazole rings is 1. The van der Waals surface area contributed by atoms with Crippen molar-refractivity contribution in [3.63, 3.8) is 0 Å². The highest BCUT2D eigenvalue weighted by atomic mass is 16.7. The molecule has 0 spiro atoms. The van der Waals surface area contributed by atoms with E-state index in [-0.39, 0.29) is 11.9 Å². The van der Waals surface area contributed by atoms with E-state index in [2.05, 4.69) is 25.9 Å². The Morgan fingerprint density at radius 2 is 1.86 bits per heavy atom. The fourth-order valence-corrected chi connectivity index (χ4v) is 5.80. The number of aromatic amines is 1. The van der Waals surface area contributed by atoms with Crippen molar-refractivity contribution in [2.75, 3.05) is 23.6 Å². The highest BCUT2D eigenvalue weighted by Crippen LogP contribution is 2.39. The molecule has 2 aliphatic rings. The van der Waals surface area contributed by atoms with Gasteiger partial charge >= 0.3 is 11.9 Å². The first-order valence-corrected chi connectivity index (χ1v) is 14.7. The molecule has 12 heteroatoms. The summed E-state index contributed by atoms with van der Waals surface area (Å²) in [5, 5.41) is 17.8. The molecule has 1 atom stereocenters. The molecule has 2 N–H and O–H groups in total. The topological polar surface area (TPSA) is 136 Å². The SMILES string of the molecule is CCOC1Nc2cccc(C(=O)OCOC(=O)C3CCCCC3)c2N1Cc1ccc(-n2cc(C)cc2-c2nn[nH]n2)cc1. The number of nitrogens with one attached hydrogen (secondary N) is 2. The van der Waals surface area contributed by atoms with Gasteiger partial charge in [0.05, 0.1) is 28.6 Å². The van der Waals surface area contributed by atoms with Gasteiger partial charge in [0, 0.05) is 25.0 Å². The molecule has 43 heavy (non-hydrogen) atoms. The molecule has 2 aromatic carbocycles. The van der Waals surface area contributed by atoms with Crippen molar-refractivity contribution >= 4 is 23.3 Å². The lowest BCUT2D eigenvalue weighted by Crippen LogP contribution is -2.38. The van der Waals surface area contributed by atoms with Crippen LogP contribution in [0.15, 0.2) is 54.7 Å². The summed E-state index contributed by atoms with van der Waals surface area (Å²) in [6.45, 7) is 4.47. The van der Waals surface area contributed by atoms with Gasteiger partial charge in [0.15, 0.2) is 0 Å². The number of hydrogen-bond acceptors (Lipinski definition) is 10. The minimum absolute atomic E-state index is 0.112. The lowest BCUT2D eigenvalue weighted by atomic mass is 9.89. The largest absolute Gasteiger partial charge is 0.428 e. The summed E-state index contributed by atoms with van der Waals surface area (Å²) in [6, 6.07) is 15.5. The zero-order chi connectivity index (χ0) is 29.8. The van der Waals surface area contributed by atoms with Crippen LogP contribution >= 0.6 is 0 Å². The molecule has 2 aromatic heterocycles. The third kappa shape index (κ3) is 6.09. The van der Waals surface area contributed by atoms with Crippen LogP contribution in [0.1, 0.15) is 60.5 Å². The van der Waals surface area contributed by atoms with E-state index in [1.807, 2.05) is 65.9 Å². The lowest BCUT2D eigenvalue weighted by Gasteiger charge is -2.27. The van der Waals surface area contributed by atoms with Gasteiger partial charge in [-0.25, -0.2) is 4.79 Å². The number of hydrogen-bond donors (Lipinski definition) is 2. The number of carbonyl (C=O) groups is 2. The quantitative estimate of drug-likeness (QED) is 0.194. The van der Waals surface area contributed by atoms with E-state index in [0.29, 0.717) is 30.2 Å². The molecule has 3 heterocycles. The molecule has 224 valence electrons. The van der Waals surface area contributed by atoms with Gasteiger partial charge in [-0.3, -0.25) is 4.79 Å². The summed E-state index contributed by atoms with van der Waals surface area (Å²) in [4.78, 5) is 27.6. The predicted molar refractivity (Wildman–Crippen MR) is 158 cm³/mol. The van der Waals surface area contributed by atoms with E-state index in [1.54, 1.807) is 12.1 Å². The first kappa shape index (κ1) is 28.4. The van der Waals surface area contributed by atoms with Crippen molar-refractivity contribution in [3.05, 3.63) is 71.4 Å². The number of H-pyrrole nitrogens is 1. The van der Waals surface area contributed by atoms with Crippen LogP contribution < -0.4 is 10.2 Å². The molecule has 1 aliphatic heterocycles. The monoisotopic (exact) mass is 585 g/mol. The number of rotatable bonds is 10. The molecule has 6 rings (SSSR count). The van der Waals surface area contributed by atoms with Crippen molar-refractivity contribution in [3.8, 4) is 17.2 Å². The molecule has 0 amide bonds. The number of nitrogens with zero attached hydrogens (tertiary/aromatic N) is 5. The van der Waals surface area contributed by atoms with E-state index < -0.39 is 19.1 Å². The van der Waals surface area contributed by atoms with Gasteiger partial charge in [0.2, 0.25) is 19.0 Å². The smallest absolute Gasteiger partial charge is 0.343 e. The summed E-state index contributed by atoms with van der Waals surface area (Å²) in [6.07, 6.45) is 6.39. The normalized spacial score (nSPS) is 16.5. The van der Waals surface area contributed by atoms with Crippen molar-refractivity contribution in [1.82, 2.24) is 25.2 Å². The second kappa shape index (κ2) is 12.7. The number of para-hydroxylation sites is 1. The van der Waals surface area contributed by atoms with Crippen LogP contribution in [-0.2, 0) is 25.5 Å². The Morgan fingerprint density at radius 3 is 2.60 bits per heavy atom. The van der Waals surface area contributed by atoms with Crippen LogP contribution in [0.4, 0.5) is 11.4 Å². The van der Waals surface area contributed by atoms with Crippen molar-refractivity contribution in [2.24, 2.45) is 5.92 Å². The number of carbonyl (C=O) groups excluding carboxylic acids is 2. The Kier molecular flexibility index (Phi) is 8.36. The third-order valence-electron chi connectivity index (χ3n) is 7.86. The number of aromatic nitrogens is 5. The van der Waals surface area contributed by atoms with Gasteiger partial charge in [0.25, 0.3) is 0 Å². The average Bonchev–Trinajstić information content (AvgIpc) is 3.77. The van der Waals surface area contributed by atoms with Crippen LogP contribution in [0.2, 0.25) is 0 Å². The molecule has 12 nitrogen and oxygen atoms in total. The van der Waals surface area contributed by atoms with Crippen molar-refractivity contribution in [2.45, 2.75) is 58.8 Å². The molecule has 1 unspecified atom stereocenters. The molecule has 0 bridgehead atoms. The Balaban J connectivity index is 1.19. The number of esters is 2. The molecule has 1 saturated carbocycles. The minimum atomic E-state index is -0.565. The number of benzene rings is 2. The van der Waals surface area contributed by atoms with E-state index in [1.165, 1.54) is 0 Å². The number of aryl methyl sites for hydroxylation is 1. The zero-order valence-corrected chi connectivity index (χ0v) is 24.3. The molecule has 1 fully saturated rings. The summed E-state index contributed by atoms with van der Waals surface area (Å²) >= 11 is 0. The van der Waals surface area contributed by atoms with E-state index in [4.69, 9.17) is 14.2 Å². The van der Waals surface area contributed by atoms with E-state index in [9.17, 15) is 9.59 Å². The van der Waals surface area contributed by atoms with Crippen LogP contribution in [0.25, 0.3) is 17.2 Å². The lowest BCUT2D eigenvalue weighted by molar-refractivity contribution is -0.158. The van der Waals surface area contributed by atoms with E-state index in [0.717, 1.165) is 60.3 Å². The molecule has 4 aromatic rings. The predicted octanol–water partition coefficient (Wildman–Crippen LogP) is 4.96. The van der Waals surface area contributed by atoms with Crippen LogP contribution in [0.5, 0.6) is 0 Å². The average molecular weight is 586 g/mol. The summed E-state index contributed by atoms with van der Waals surface area (Å²) in [5.41, 5.74) is 5.67. The zero-order valence-electron chi connectivity index (χ0n) is 24.3. The van der Waals surface area contributed by atoms with Crippen LogP contribution in [-0.4, -0.2) is 56.9 Å². The third-order valence-corrected chi connectivity index (χ3v) is 7.86. The summed E-state index contributed by atoms with van der Waals surface area (Å²) in [7, 11) is 0. The number of anilines is 2. The minimum Gasteiger partial charge on any atom is -0.428 e. The van der Waals surface area contributed by atoms with Gasteiger partial charge in [-0.1, -0.05) is 37.5 Å². The summed E-state index contributed by atoms with van der Waals surface area (Å²) < 4.78 is 18.8. The maximum absolute atomic E-state index is 13.2. The summed E-state index contributed by atoms with van der Waals surface area (Å²) in [5.74, 6) is -0.462. The molecule has 0 saturated heterocycles. The second-order valence-electron chi connectivity index (χ2n) is 10.8. The molecule has 0 radical (unpaired) electrons. The first-order valence-electron chi connectivity index (χ1n) is 14.7. The van der Waals surface area contributed by atoms with Gasteiger partial charge in [-0.15, -0.1) is 10.2 Å². The highest BCUT2D eigenvalue weighted by Gasteiger charge is 2.34. The Morgan fingerprint density at radius 1 is 1.05 bits per heavy atom. The number of fused-ring (bicyclic) bond motifs is 1. The fraction of sp³-hybridized carbons (Fsp3) is 0.387. The van der Waals surface area contributed by atoms with Gasteiger partial charge in [-0.2, -0.15) is 5.21 Å². The first-order chi connectivity index (χ1) is 21.0.